The summed E-state index contributed by atoms with van der Waals surface area (Å²) < 4.78 is 44.1. The summed E-state index contributed by atoms with van der Waals surface area (Å²) in [6.07, 6.45) is -4.45. The highest BCUT2D eigenvalue weighted by Gasteiger charge is 2.31. The second kappa shape index (κ2) is 9.05. The van der Waals surface area contributed by atoms with Crippen LogP contribution in [0.1, 0.15) is 50.5 Å². The molecule has 11 heteroatoms. The fraction of sp³-hybridized carbons (Fsp3) is 0.391. The Morgan fingerprint density at radius 3 is 2.47 bits per heavy atom. The van der Waals surface area contributed by atoms with E-state index < -0.39 is 11.7 Å². The Morgan fingerprint density at radius 2 is 1.85 bits per heavy atom. The molecule has 0 spiro atoms. The fourth-order valence-corrected chi connectivity index (χ4v) is 4.22. The van der Waals surface area contributed by atoms with E-state index in [1.54, 1.807) is 18.7 Å². The number of alkyl halides is 3. The predicted octanol–water partition coefficient (Wildman–Crippen LogP) is 3.86. The van der Waals surface area contributed by atoms with E-state index in [1.165, 1.54) is 19.1 Å². The van der Waals surface area contributed by atoms with E-state index in [-0.39, 0.29) is 29.0 Å². The summed E-state index contributed by atoms with van der Waals surface area (Å²) in [6.45, 7) is 7.41. The number of H-pyrrole nitrogens is 1. The molecule has 1 aliphatic heterocycles. The molecule has 0 bridgehead atoms. The third kappa shape index (κ3) is 4.74. The Hall–Kier alpha value is -3.47. The molecule has 1 aromatic carbocycles. The van der Waals surface area contributed by atoms with Crippen molar-refractivity contribution in [2.45, 2.75) is 33.5 Å². The minimum absolute atomic E-state index is 0.0841. The number of nitrogens with one attached hydrogen (secondary N) is 1. The van der Waals surface area contributed by atoms with Gasteiger partial charge in [-0.05, 0) is 38.5 Å². The van der Waals surface area contributed by atoms with Crippen molar-refractivity contribution in [3.63, 3.8) is 0 Å². The number of benzene rings is 1. The van der Waals surface area contributed by atoms with Crippen LogP contribution in [0.3, 0.4) is 0 Å². The zero-order chi connectivity index (χ0) is 24.6. The predicted molar refractivity (Wildman–Crippen MR) is 116 cm³/mol. The lowest BCUT2D eigenvalue weighted by molar-refractivity contribution is -0.137. The first-order valence-electron chi connectivity index (χ1n) is 10.8. The maximum Gasteiger partial charge on any atom is 0.416 e. The molecule has 1 amide bonds. The molecule has 0 aliphatic carbocycles. The van der Waals surface area contributed by atoms with Gasteiger partial charge >= 0.3 is 6.18 Å². The molecule has 1 saturated heterocycles. The van der Waals surface area contributed by atoms with Crippen LogP contribution < -0.4 is 0 Å². The van der Waals surface area contributed by atoms with Gasteiger partial charge in [-0.25, -0.2) is 0 Å². The normalized spacial score (nSPS) is 15.1. The molecule has 1 aliphatic rings. The standard InChI is InChI=1S/C23H24F3N5O3/c1-13-19(15(3)32)14(2)27-20(13)22(33)31-9-7-30(8-10-31)12-18-28-21(29-34-18)16-5-4-6-17(11-16)23(24,25)26/h4-6,11,27H,7-10,12H2,1-3H3. The lowest BCUT2D eigenvalue weighted by atomic mass is 10.1. The number of carbonyl (C=O) groups is 2. The molecular weight excluding hydrogens is 451 g/mol. The van der Waals surface area contributed by atoms with Crippen LogP contribution >= 0.6 is 0 Å². The van der Waals surface area contributed by atoms with Crippen molar-refractivity contribution in [3.8, 4) is 11.4 Å². The first-order valence-corrected chi connectivity index (χ1v) is 10.8. The number of aryl methyl sites for hydroxylation is 1. The van der Waals surface area contributed by atoms with E-state index in [4.69, 9.17) is 4.52 Å². The first-order chi connectivity index (χ1) is 16.0. The number of nitrogens with zero attached hydrogens (tertiary/aromatic N) is 4. The Balaban J connectivity index is 1.37. The number of Topliss-reactive ketones (excluding diaryl/α,β-unsaturated/α-hetero) is 1. The maximum atomic E-state index is 13.0. The fourth-order valence-electron chi connectivity index (χ4n) is 4.22. The van der Waals surface area contributed by atoms with Gasteiger partial charge in [0, 0.05) is 43.0 Å². The van der Waals surface area contributed by atoms with Gasteiger partial charge in [-0.15, -0.1) is 0 Å². The molecule has 0 unspecified atom stereocenters. The summed E-state index contributed by atoms with van der Waals surface area (Å²) in [4.78, 5) is 35.9. The highest BCUT2D eigenvalue weighted by molar-refractivity contribution is 6.02. The third-order valence-corrected chi connectivity index (χ3v) is 5.94. The number of hydrogen-bond donors (Lipinski definition) is 1. The van der Waals surface area contributed by atoms with Crippen LogP contribution in [0, 0.1) is 13.8 Å². The average Bonchev–Trinajstić information content (AvgIpc) is 3.37. The van der Waals surface area contributed by atoms with Crippen molar-refractivity contribution in [1.82, 2.24) is 24.9 Å². The van der Waals surface area contributed by atoms with E-state index >= 15 is 0 Å². The number of carbonyl (C=O) groups excluding carboxylic acids is 2. The monoisotopic (exact) mass is 475 g/mol. The van der Waals surface area contributed by atoms with Gasteiger partial charge in [0.15, 0.2) is 5.78 Å². The molecule has 34 heavy (non-hydrogen) atoms. The van der Waals surface area contributed by atoms with Crippen LogP contribution in [0.25, 0.3) is 11.4 Å². The van der Waals surface area contributed by atoms with Gasteiger partial charge in [-0.2, -0.15) is 18.2 Å². The summed E-state index contributed by atoms with van der Waals surface area (Å²) in [7, 11) is 0. The minimum Gasteiger partial charge on any atom is -0.354 e. The van der Waals surface area contributed by atoms with Crippen molar-refractivity contribution in [1.29, 1.82) is 0 Å². The number of rotatable bonds is 5. The number of aromatic nitrogens is 3. The van der Waals surface area contributed by atoms with Crippen LogP contribution in [0.2, 0.25) is 0 Å². The maximum absolute atomic E-state index is 13.0. The van der Waals surface area contributed by atoms with Crippen molar-refractivity contribution in [2.75, 3.05) is 26.2 Å². The summed E-state index contributed by atoms with van der Waals surface area (Å²) in [6, 6.07) is 4.77. The molecular formula is C23H24F3N5O3. The van der Waals surface area contributed by atoms with Gasteiger partial charge < -0.3 is 14.4 Å². The molecule has 0 atom stereocenters. The molecule has 0 radical (unpaired) electrons. The van der Waals surface area contributed by atoms with Crippen LogP contribution in [0.15, 0.2) is 28.8 Å². The highest BCUT2D eigenvalue weighted by atomic mass is 19.4. The highest BCUT2D eigenvalue weighted by Crippen LogP contribution is 2.31. The molecule has 4 rings (SSSR count). The van der Waals surface area contributed by atoms with Crippen LogP contribution in [-0.4, -0.2) is 62.8 Å². The van der Waals surface area contributed by atoms with E-state index in [0.717, 1.165) is 12.1 Å². The largest absolute Gasteiger partial charge is 0.416 e. The third-order valence-electron chi connectivity index (χ3n) is 5.94. The Labute approximate surface area is 193 Å². The van der Waals surface area contributed by atoms with Gasteiger partial charge in [0.25, 0.3) is 5.91 Å². The molecule has 3 aromatic rings. The summed E-state index contributed by atoms with van der Waals surface area (Å²) in [5, 5.41) is 3.82. The first kappa shape index (κ1) is 23.7. The van der Waals surface area contributed by atoms with Gasteiger partial charge in [-0.1, -0.05) is 17.3 Å². The van der Waals surface area contributed by atoms with E-state index in [0.29, 0.717) is 55.2 Å². The van der Waals surface area contributed by atoms with Gasteiger partial charge in [0.2, 0.25) is 11.7 Å². The second-order valence-electron chi connectivity index (χ2n) is 8.34. The smallest absolute Gasteiger partial charge is 0.354 e. The summed E-state index contributed by atoms with van der Waals surface area (Å²) in [5.41, 5.74) is 1.76. The molecule has 0 saturated carbocycles. The average molecular weight is 475 g/mol. The SMILES string of the molecule is CC(=O)c1c(C)[nH]c(C(=O)N2CCN(Cc3nc(-c4cccc(C(F)(F)F)c4)no3)CC2)c1C. The quantitative estimate of drug-likeness (QED) is 0.563. The Morgan fingerprint density at radius 1 is 1.15 bits per heavy atom. The molecule has 1 fully saturated rings. The minimum atomic E-state index is -4.45. The lowest BCUT2D eigenvalue weighted by Gasteiger charge is -2.33. The molecule has 8 nitrogen and oxygen atoms in total. The number of halogens is 3. The van der Waals surface area contributed by atoms with E-state index in [1.807, 2.05) is 4.90 Å². The number of piperazine rings is 1. The zero-order valence-corrected chi connectivity index (χ0v) is 19.0. The number of amides is 1. The topological polar surface area (TPSA) is 95.3 Å². The van der Waals surface area contributed by atoms with E-state index in [2.05, 4.69) is 15.1 Å². The van der Waals surface area contributed by atoms with Crippen LogP contribution in [-0.2, 0) is 12.7 Å². The van der Waals surface area contributed by atoms with Gasteiger partial charge in [-0.3, -0.25) is 14.5 Å². The van der Waals surface area contributed by atoms with Crippen LogP contribution in [0.5, 0.6) is 0 Å². The van der Waals surface area contributed by atoms with E-state index in [9.17, 15) is 22.8 Å². The summed E-state index contributed by atoms with van der Waals surface area (Å²) in [5.74, 6) is 0.138. The van der Waals surface area contributed by atoms with Crippen molar-refractivity contribution in [3.05, 3.63) is 58.2 Å². The van der Waals surface area contributed by atoms with Crippen molar-refractivity contribution >= 4 is 11.7 Å². The van der Waals surface area contributed by atoms with Gasteiger partial charge in [0.05, 0.1) is 12.1 Å². The Bertz CT molecular complexity index is 1220. The zero-order valence-electron chi connectivity index (χ0n) is 19.0. The second-order valence-corrected chi connectivity index (χ2v) is 8.34. The summed E-state index contributed by atoms with van der Waals surface area (Å²) >= 11 is 0. The number of hydrogen-bond acceptors (Lipinski definition) is 6. The lowest BCUT2D eigenvalue weighted by Crippen LogP contribution is -2.48. The van der Waals surface area contributed by atoms with Crippen molar-refractivity contribution < 1.29 is 27.3 Å². The van der Waals surface area contributed by atoms with Crippen molar-refractivity contribution in [2.24, 2.45) is 0 Å². The Kier molecular flexibility index (Phi) is 6.30. The molecule has 2 aromatic heterocycles. The van der Waals surface area contributed by atoms with Gasteiger partial charge in [0.1, 0.15) is 5.69 Å². The molecule has 180 valence electrons. The molecule has 3 heterocycles. The van der Waals surface area contributed by atoms with Crippen LogP contribution in [0.4, 0.5) is 13.2 Å². The molecule has 1 N–H and O–H groups in total. The number of ketones is 1. The number of aromatic amines is 1.